The zero-order chi connectivity index (χ0) is 19.0. The summed E-state index contributed by atoms with van der Waals surface area (Å²) in [4.78, 5) is 27.0. The Bertz CT molecular complexity index is 818. The minimum absolute atomic E-state index is 0.0593. The molecule has 0 bridgehead atoms. The third-order valence-electron chi connectivity index (χ3n) is 5.22. The summed E-state index contributed by atoms with van der Waals surface area (Å²) in [7, 11) is 3.67. The van der Waals surface area contributed by atoms with Crippen LogP contribution in [0.15, 0.2) is 12.4 Å². The van der Waals surface area contributed by atoms with Gasteiger partial charge in [-0.25, -0.2) is 20.6 Å². The average molecular weight is 374 g/mol. The minimum Gasteiger partial charge on any atom is -0.378 e. The first-order valence-electron chi connectivity index (χ1n) is 9.18. The van der Waals surface area contributed by atoms with E-state index in [1.807, 2.05) is 26.5 Å². The number of nitrogen functional groups attached to an aromatic ring is 1. The standard InChI is InChI=1S/C17H26N8O2/c1-22-8-12(9-23(2)17(22)26)10-25-11-19-15-13(24-3-5-27-6-4-24)7-14(21-18)20-16(15)25/h7,11-12H,3-6,8-10,18H2,1-2H3,(H,20,21). The number of fused-ring (bicyclic) bond motifs is 1. The molecule has 146 valence electrons. The number of nitrogens with two attached hydrogens (primary N) is 1. The second kappa shape index (κ2) is 7.20. The van der Waals surface area contributed by atoms with E-state index in [9.17, 15) is 4.79 Å². The Morgan fingerprint density at radius 3 is 2.63 bits per heavy atom. The number of rotatable bonds is 4. The molecule has 0 atom stereocenters. The van der Waals surface area contributed by atoms with Crippen molar-refractivity contribution in [2.24, 2.45) is 11.8 Å². The van der Waals surface area contributed by atoms with E-state index in [2.05, 4.69) is 24.9 Å². The lowest BCUT2D eigenvalue weighted by Gasteiger charge is -2.36. The zero-order valence-electron chi connectivity index (χ0n) is 15.8. The SMILES string of the molecule is CN1CC(Cn2cnc3c(N4CCOCC4)cc(NN)nc32)CN(C)C1=O. The van der Waals surface area contributed by atoms with Crippen LogP contribution in [0.3, 0.4) is 0 Å². The summed E-state index contributed by atoms with van der Waals surface area (Å²) in [6, 6.07) is 2.00. The molecular formula is C17H26N8O2. The van der Waals surface area contributed by atoms with Crippen LogP contribution >= 0.6 is 0 Å². The number of nitrogens with zero attached hydrogens (tertiary/aromatic N) is 6. The molecule has 2 aliphatic heterocycles. The van der Waals surface area contributed by atoms with E-state index in [0.29, 0.717) is 38.0 Å². The summed E-state index contributed by atoms with van der Waals surface area (Å²) in [6.07, 6.45) is 1.83. The molecule has 27 heavy (non-hydrogen) atoms. The van der Waals surface area contributed by atoms with E-state index < -0.39 is 0 Å². The van der Waals surface area contributed by atoms with Gasteiger partial charge >= 0.3 is 6.03 Å². The van der Waals surface area contributed by atoms with Gasteiger partial charge < -0.3 is 29.4 Å². The number of hydrogen-bond donors (Lipinski definition) is 2. The number of morpholine rings is 1. The third kappa shape index (κ3) is 3.37. The van der Waals surface area contributed by atoms with Gasteiger partial charge in [0.15, 0.2) is 5.65 Å². The van der Waals surface area contributed by atoms with Crippen molar-refractivity contribution in [1.82, 2.24) is 24.3 Å². The number of carbonyl (C=O) groups is 1. The number of carbonyl (C=O) groups excluding carboxylic acids is 1. The number of nitrogens with one attached hydrogen (secondary N) is 1. The number of anilines is 2. The second-order valence-corrected chi connectivity index (χ2v) is 7.25. The maximum atomic E-state index is 12.0. The molecule has 0 radical (unpaired) electrons. The molecule has 10 heteroatoms. The number of amides is 2. The van der Waals surface area contributed by atoms with Gasteiger partial charge in [0.05, 0.1) is 25.2 Å². The highest BCUT2D eigenvalue weighted by Crippen LogP contribution is 2.29. The molecule has 2 fully saturated rings. The smallest absolute Gasteiger partial charge is 0.319 e. The fourth-order valence-corrected chi connectivity index (χ4v) is 3.94. The Balaban J connectivity index is 1.65. The molecule has 4 heterocycles. The van der Waals surface area contributed by atoms with Gasteiger partial charge in [-0.15, -0.1) is 0 Å². The first kappa shape index (κ1) is 17.8. The van der Waals surface area contributed by atoms with E-state index in [4.69, 9.17) is 10.6 Å². The second-order valence-electron chi connectivity index (χ2n) is 7.25. The van der Waals surface area contributed by atoms with E-state index in [0.717, 1.165) is 36.5 Å². The van der Waals surface area contributed by atoms with Gasteiger partial charge in [-0.2, -0.15) is 0 Å². The Hall–Kier alpha value is -2.59. The van der Waals surface area contributed by atoms with Crippen molar-refractivity contribution in [2.75, 3.05) is 63.8 Å². The molecule has 10 nitrogen and oxygen atoms in total. The number of hydrogen-bond acceptors (Lipinski definition) is 7. The molecule has 0 aliphatic carbocycles. The molecule has 2 aliphatic rings. The van der Waals surface area contributed by atoms with Crippen LogP contribution in [0.2, 0.25) is 0 Å². The highest BCUT2D eigenvalue weighted by molar-refractivity contribution is 5.88. The molecule has 2 aromatic heterocycles. The van der Waals surface area contributed by atoms with E-state index in [-0.39, 0.29) is 6.03 Å². The quantitative estimate of drug-likeness (QED) is 0.580. The lowest BCUT2D eigenvalue weighted by atomic mass is 10.1. The van der Waals surface area contributed by atoms with E-state index in [1.165, 1.54) is 0 Å². The number of imidazole rings is 1. The lowest BCUT2D eigenvalue weighted by Crippen LogP contribution is -2.50. The van der Waals surface area contributed by atoms with Crippen LogP contribution in [-0.2, 0) is 11.3 Å². The normalized spacial score (nSPS) is 19.2. The van der Waals surface area contributed by atoms with Crippen molar-refractivity contribution in [3.8, 4) is 0 Å². The van der Waals surface area contributed by atoms with Crippen molar-refractivity contribution in [3.63, 3.8) is 0 Å². The maximum absolute atomic E-state index is 12.0. The van der Waals surface area contributed by atoms with Crippen molar-refractivity contribution in [1.29, 1.82) is 0 Å². The summed E-state index contributed by atoms with van der Waals surface area (Å²) < 4.78 is 7.52. The average Bonchev–Trinajstić information content (AvgIpc) is 3.08. The topological polar surface area (TPSA) is 105 Å². The van der Waals surface area contributed by atoms with Crippen LogP contribution in [0.1, 0.15) is 0 Å². The highest BCUT2D eigenvalue weighted by atomic mass is 16.5. The van der Waals surface area contributed by atoms with E-state index in [1.54, 1.807) is 9.80 Å². The fraction of sp³-hybridized carbons (Fsp3) is 0.588. The number of urea groups is 1. The minimum atomic E-state index is 0.0593. The van der Waals surface area contributed by atoms with Crippen molar-refractivity contribution < 1.29 is 9.53 Å². The summed E-state index contributed by atoms with van der Waals surface area (Å²) in [5.74, 6) is 6.57. The van der Waals surface area contributed by atoms with Crippen LogP contribution in [-0.4, -0.2) is 83.9 Å². The Morgan fingerprint density at radius 1 is 1.26 bits per heavy atom. The maximum Gasteiger partial charge on any atom is 0.319 e. The van der Waals surface area contributed by atoms with Gasteiger partial charge in [-0.3, -0.25) is 0 Å². The molecule has 0 unspecified atom stereocenters. The van der Waals surface area contributed by atoms with Crippen molar-refractivity contribution in [3.05, 3.63) is 12.4 Å². The number of hydrazine groups is 1. The predicted molar refractivity (Wildman–Crippen MR) is 103 cm³/mol. The molecule has 0 spiro atoms. The van der Waals surface area contributed by atoms with E-state index >= 15 is 0 Å². The highest BCUT2D eigenvalue weighted by Gasteiger charge is 2.28. The summed E-state index contributed by atoms with van der Waals surface area (Å²) in [5, 5.41) is 0. The first-order chi connectivity index (χ1) is 13.1. The monoisotopic (exact) mass is 374 g/mol. The molecule has 4 rings (SSSR count). The van der Waals surface area contributed by atoms with Crippen LogP contribution < -0.4 is 16.2 Å². The van der Waals surface area contributed by atoms with Crippen LogP contribution in [0.4, 0.5) is 16.3 Å². The van der Waals surface area contributed by atoms with Gasteiger partial charge in [0.1, 0.15) is 11.3 Å². The van der Waals surface area contributed by atoms with Gasteiger partial charge in [0, 0.05) is 58.8 Å². The number of pyridine rings is 1. The first-order valence-corrected chi connectivity index (χ1v) is 9.18. The Labute approximate surface area is 157 Å². The predicted octanol–water partition coefficient (Wildman–Crippen LogP) is 0.167. The molecular weight excluding hydrogens is 348 g/mol. The lowest BCUT2D eigenvalue weighted by molar-refractivity contribution is 0.122. The third-order valence-corrected chi connectivity index (χ3v) is 5.22. The Morgan fingerprint density at radius 2 is 1.96 bits per heavy atom. The van der Waals surface area contributed by atoms with Crippen molar-refractivity contribution in [2.45, 2.75) is 6.54 Å². The molecule has 0 aromatic carbocycles. The zero-order valence-corrected chi connectivity index (χ0v) is 15.8. The molecule has 3 N–H and O–H groups in total. The molecule has 2 aromatic rings. The summed E-state index contributed by atoms with van der Waals surface area (Å²) in [5.41, 5.74) is 5.35. The largest absolute Gasteiger partial charge is 0.378 e. The van der Waals surface area contributed by atoms with Crippen LogP contribution in [0.25, 0.3) is 11.2 Å². The molecule has 2 saturated heterocycles. The Kier molecular flexibility index (Phi) is 4.75. The summed E-state index contributed by atoms with van der Waals surface area (Å²) in [6.45, 7) is 5.20. The fourth-order valence-electron chi connectivity index (χ4n) is 3.94. The number of ether oxygens (including phenoxy) is 1. The van der Waals surface area contributed by atoms with Gasteiger partial charge in [-0.1, -0.05) is 0 Å². The van der Waals surface area contributed by atoms with Gasteiger partial charge in [-0.05, 0) is 0 Å². The summed E-state index contributed by atoms with van der Waals surface area (Å²) >= 11 is 0. The van der Waals surface area contributed by atoms with Gasteiger partial charge in [0.25, 0.3) is 0 Å². The molecule has 2 amide bonds. The van der Waals surface area contributed by atoms with Gasteiger partial charge in [0.2, 0.25) is 0 Å². The number of aromatic nitrogens is 3. The van der Waals surface area contributed by atoms with Crippen LogP contribution in [0, 0.1) is 5.92 Å². The van der Waals surface area contributed by atoms with Crippen LogP contribution in [0.5, 0.6) is 0 Å². The molecule has 0 saturated carbocycles. The van der Waals surface area contributed by atoms with Crippen molar-refractivity contribution >= 4 is 28.7 Å².